The maximum absolute atomic E-state index is 4.64. The number of nitrogens with zero attached hydrogens (tertiary/aromatic N) is 3. The van der Waals surface area contributed by atoms with Gasteiger partial charge in [0.25, 0.3) is 0 Å². The molecule has 1 aliphatic rings. The molecule has 1 N–H and O–H groups in total. The van der Waals surface area contributed by atoms with Crippen LogP contribution in [0, 0.1) is 6.92 Å². The molecular formula is C15H26N4. The molecular weight excluding hydrogens is 236 g/mol. The molecule has 4 heteroatoms. The van der Waals surface area contributed by atoms with E-state index in [0.717, 1.165) is 30.5 Å². The molecule has 1 aromatic heterocycles. The van der Waals surface area contributed by atoms with Gasteiger partial charge in [-0.25, -0.2) is 9.97 Å². The first-order chi connectivity index (χ1) is 9.24. The van der Waals surface area contributed by atoms with Crippen LogP contribution in [-0.4, -0.2) is 29.1 Å². The molecule has 0 aliphatic heterocycles. The van der Waals surface area contributed by atoms with Crippen molar-refractivity contribution in [3.8, 4) is 0 Å². The minimum atomic E-state index is 0.655. The summed E-state index contributed by atoms with van der Waals surface area (Å²) >= 11 is 0. The Morgan fingerprint density at radius 3 is 2.58 bits per heavy atom. The molecule has 1 aromatic rings. The Kier molecular flexibility index (Phi) is 5.00. The summed E-state index contributed by atoms with van der Waals surface area (Å²) in [6, 6.07) is 2.75. The van der Waals surface area contributed by atoms with Crippen molar-refractivity contribution in [2.45, 2.75) is 58.9 Å². The summed E-state index contributed by atoms with van der Waals surface area (Å²) in [5.74, 6) is 2.87. The summed E-state index contributed by atoms with van der Waals surface area (Å²) in [4.78, 5) is 11.5. The molecule has 0 unspecified atom stereocenters. The second-order valence-corrected chi connectivity index (χ2v) is 5.27. The van der Waals surface area contributed by atoms with E-state index >= 15 is 0 Å². The van der Waals surface area contributed by atoms with Crippen LogP contribution in [0.5, 0.6) is 0 Å². The van der Waals surface area contributed by atoms with Crippen molar-refractivity contribution in [1.29, 1.82) is 0 Å². The van der Waals surface area contributed by atoms with Crippen LogP contribution in [0.1, 0.15) is 51.8 Å². The average Bonchev–Trinajstić information content (AvgIpc) is 2.40. The summed E-state index contributed by atoms with van der Waals surface area (Å²) in [6.45, 7) is 8.20. The zero-order valence-corrected chi connectivity index (χ0v) is 12.4. The van der Waals surface area contributed by atoms with E-state index in [4.69, 9.17) is 0 Å². The molecule has 1 saturated carbocycles. The zero-order valence-electron chi connectivity index (χ0n) is 12.4. The molecule has 1 aliphatic carbocycles. The molecule has 106 valence electrons. The van der Waals surface area contributed by atoms with E-state index in [9.17, 15) is 0 Å². The molecule has 2 rings (SSSR count). The van der Waals surface area contributed by atoms with Crippen LogP contribution in [-0.2, 0) is 0 Å². The van der Waals surface area contributed by atoms with Gasteiger partial charge in [0.1, 0.15) is 17.5 Å². The monoisotopic (exact) mass is 262 g/mol. The molecule has 0 saturated heterocycles. The molecule has 19 heavy (non-hydrogen) atoms. The Morgan fingerprint density at radius 2 is 1.95 bits per heavy atom. The number of rotatable bonds is 5. The predicted molar refractivity (Wildman–Crippen MR) is 80.8 cm³/mol. The van der Waals surface area contributed by atoms with Crippen LogP contribution in [0.4, 0.5) is 11.6 Å². The largest absolute Gasteiger partial charge is 0.370 e. The van der Waals surface area contributed by atoms with Crippen molar-refractivity contribution in [2.24, 2.45) is 0 Å². The molecule has 1 heterocycles. The van der Waals surface area contributed by atoms with Crippen molar-refractivity contribution >= 4 is 11.6 Å². The van der Waals surface area contributed by atoms with Crippen LogP contribution in [0.3, 0.4) is 0 Å². The van der Waals surface area contributed by atoms with Gasteiger partial charge < -0.3 is 10.2 Å². The minimum absolute atomic E-state index is 0.655. The van der Waals surface area contributed by atoms with Crippen LogP contribution in [0.2, 0.25) is 0 Å². The first-order valence-electron chi connectivity index (χ1n) is 7.60. The van der Waals surface area contributed by atoms with E-state index in [1.54, 1.807) is 0 Å². The lowest BCUT2D eigenvalue weighted by atomic mass is 9.94. The summed E-state index contributed by atoms with van der Waals surface area (Å²) in [6.07, 6.45) is 6.69. The highest BCUT2D eigenvalue weighted by Crippen LogP contribution is 2.27. The van der Waals surface area contributed by atoms with Gasteiger partial charge in [-0.2, -0.15) is 0 Å². The second-order valence-electron chi connectivity index (χ2n) is 5.27. The van der Waals surface area contributed by atoms with Crippen LogP contribution in [0.25, 0.3) is 0 Å². The fraction of sp³-hybridized carbons (Fsp3) is 0.733. The zero-order chi connectivity index (χ0) is 13.7. The highest BCUT2D eigenvalue weighted by atomic mass is 15.2. The summed E-state index contributed by atoms with van der Waals surface area (Å²) in [7, 11) is 0. The van der Waals surface area contributed by atoms with Gasteiger partial charge in [0.2, 0.25) is 0 Å². The van der Waals surface area contributed by atoms with Crippen LogP contribution >= 0.6 is 0 Å². The lowest BCUT2D eigenvalue weighted by molar-refractivity contribution is 0.416. The lowest BCUT2D eigenvalue weighted by Crippen LogP contribution is -2.37. The van der Waals surface area contributed by atoms with Gasteiger partial charge in [-0.3, -0.25) is 0 Å². The number of hydrogen-bond acceptors (Lipinski definition) is 4. The highest BCUT2D eigenvalue weighted by Gasteiger charge is 2.21. The standard InChI is InChI=1S/C15H26N4/c1-4-16-14-11-15(18-12(3)17-14)19(5-2)13-9-7-6-8-10-13/h11,13H,4-10H2,1-3H3,(H,16,17,18). The maximum atomic E-state index is 4.64. The van der Waals surface area contributed by atoms with E-state index in [-0.39, 0.29) is 0 Å². The fourth-order valence-electron chi connectivity index (χ4n) is 2.97. The summed E-state index contributed by atoms with van der Waals surface area (Å²) in [5, 5.41) is 3.29. The second kappa shape index (κ2) is 6.73. The van der Waals surface area contributed by atoms with Gasteiger partial charge in [0, 0.05) is 25.2 Å². The smallest absolute Gasteiger partial charge is 0.134 e. The SMILES string of the molecule is CCNc1cc(N(CC)C2CCCCC2)nc(C)n1. The molecule has 1 fully saturated rings. The number of hydrogen-bond donors (Lipinski definition) is 1. The average molecular weight is 262 g/mol. The van der Waals surface area contributed by atoms with Gasteiger partial charge in [-0.1, -0.05) is 19.3 Å². The van der Waals surface area contributed by atoms with Crippen molar-refractivity contribution in [2.75, 3.05) is 23.3 Å². The van der Waals surface area contributed by atoms with Crippen LogP contribution < -0.4 is 10.2 Å². The van der Waals surface area contributed by atoms with Gasteiger partial charge in [0.15, 0.2) is 0 Å². The molecule has 4 nitrogen and oxygen atoms in total. The van der Waals surface area contributed by atoms with E-state index in [2.05, 4.69) is 40.1 Å². The van der Waals surface area contributed by atoms with Gasteiger partial charge >= 0.3 is 0 Å². The van der Waals surface area contributed by atoms with Crippen molar-refractivity contribution in [3.05, 3.63) is 11.9 Å². The number of aryl methyl sites for hydroxylation is 1. The quantitative estimate of drug-likeness (QED) is 0.883. The Morgan fingerprint density at radius 1 is 1.21 bits per heavy atom. The van der Waals surface area contributed by atoms with Gasteiger partial charge in [-0.15, -0.1) is 0 Å². The Balaban J connectivity index is 2.21. The first kappa shape index (κ1) is 14.1. The third kappa shape index (κ3) is 3.58. The Labute approximate surface area is 116 Å². The Hall–Kier alpha value is -1.32. The molecule has 0 aromatic carbocycles. The van der Waals surface area contributed by atoms with Gasteiger partial charge in [-0.05, 0) is 33.6 Å². The number of aromatic nitrogens is 2. The van der Waals surface area contributed by atoms with E-state index in [1.165, 1.54) is 32.1 Å². The normalized spacial score (nSPS) is 16.4. The molecule has 0 bridgehead atoms. The van der Waals surface area contributed by atoms with Crippen molar-refractivity contribution in [1.82, 2.24) is 9.97 Å². The molecule has 0 atom stereocenters. The molecule has 0 radical (unpaired) electrons. The van der Waals surface area contributed by atoms with Crippen molar-refractivity contribution in [3.63, 3.8) is 0 Å². The lowest BCUT2D eigenvalue weighted by Gasteiger charge is -2.34. The first-order valence-corrected chi connectivity index (χ1v) is 7.60. The summed E-state index contributed by atoms with van der Waals surface area (Å²) < 4.78 is 0. The molecule has 0 spiro atoms. The summed E-state index contributed by atoms with van der Waals surface area (Å²) in [5.41, 5.74) is 0. The van der Waals surface area contributed by atoms with Gasteiger partial charge in [0.05, 0.1) is 0 Å². The number of nitrogens with one attached hydrogen (secondary N) is 1. The fourth-order valence-corrected chi connectivity index (χ4v) is 2.97. The Bertz CT molecular complexity index is 399. The minimum Gasteiger partial charge on any atom is -0.370 e. The van der Waals surface area contributed by atoms with E-state index in [1.807, 2.05) is 6.92 Å². The highest BCUT2D eigenvalue weighted by molar-refractivity contribution is 5.50. The van der Waals surface area contributed by atoms with Crippen molar-refractivity contribution < 1.29 is 0 Å². The van der Waals surface area contributed by atoms with E-state index < -0.39 is 0 Å². The maximum Gasteiger partial charge on any atom is 0.134 e. The predicted octanol–water partition coefficient (Wildman–Crippen LogP) is 3.38. The number of anilines is 2. The third-order valence-corrected chi connectivity index (χ3v) is 3.83. The molecule has 0 amide bonds. The van der Waals surface area contributed by atoms with E-state index in [0.29, 0.717) is 6.04 Å². The third-order valence-electron chi connectivity index (χ3n) is 3.83. The van der Waals surface area contributed by atoms with Crippen LogP contribution in [0.15, 0.2) is 6.07 Å². The topological polar surface area (TPSA) is 41.0 Å².